The van der Waals surface area contributed by atoms with Gasteiger partial charge in [-0.05, 0) is 67.6 Å². The average molecular weight is 882 g/mol. The number of fused-ring (bicyclic) bond motifs is 6. The van der Waals surface area contributed by atoms with Gasteiger partial charge in [-0.15, -0.1) is 48.0 Å². The van der Waals surface area contributed by atoms with Gasteiger partial charge in [-0.1, -0.05) is 141 Å². The molecule has 1 radical (unpaired) electrons. The van der Waals surface area contributed by atoms with E-state index in [4.69, 9.17) is 5.79 Å². The summed E-state index contributed by atoms with van der Waals surface area (Å²) < 4.78 is 15.2. The van der Waals surface area contributed by atoms with Crippen LogP contribution in [0, 0.1) is 12.1 Å². The largest absolute Gasteiger partial charge is 0.501 e. The van der Waals surface area contributed by atoms with Gasteiger partial charge in [0.1, 0.15) is 5.58 Å². The summed E-state index contributed by atoms with van der Waals surface area (Å²) in [5.41, 5.74) is 8.34. The van der Waals surface area contributed by atoms with E-state index in [-0.39, 0.29) is 20.1 Å². The Morgan fingerprint density at radius 2 is 1.47 bits per heavy atom. The molecule has 0 atom stereocenters. The van der Waals surface area contributed by atoms with E-state index in [0.29, 0.717) is 0 Å². The van der Waals surface area contributed by atoms with Crippen LogP contribution < -0.4 is 5.19 Å². The van der Waals surface area contributed by atoms with Gasteiger partial charge < -0.3 is 14.4 Å². The van der Waals surface area contributed by atoms with Gasteiger partial charge in [0.2, 0.25) is 0 Å². The zero-order valence-corrected chi connectivity index (χ0v) is 33.9. The van der Waals surface area contributed by atoms with E-state index >= 15 is 0 Å². The third-order valence-electron chi connectivity index (χ3n) is 9.70. The number of hydrogen-bond acceptors (Lipinski definition) is 3. The van der Waals surface area contributed by atoms with Crippen LogP contribution in [-0.4, -0.2) is 18.0 Å². The van der Waals surface area contributed by atoms with Gasteiger partial charge in [0.25, 0.3) is 0 Å². The predicted octanol–water partition coefficient (Wildman–Crippen LogP) is 12.6. The molecule has 0 saturated heterocycles. The first-order valence-corrected chi connectivity index (χ1v) is 21.2. The molecule has 9 rings (SSSR count). The van der Waals surface area contributed by atoms with Crippen LogP contribution >= 0.6 is 0 Å². The fraction of sp³-hybridized carbons (Fsp3) is 0.125. The molecule has 0 aliphatic carbocycles. The third kappa shape index (κ3) is 7.26. The molecule has 53 heavy (non-hydrogen) atoms. The molecule has 3 heterocycles. The van der Waals surface area contributed by atoms with Crippen molar-refractivity contribution in [2.75, 3.05) is 0 Å². The van der Waals surface area contributed by atoms with E-state index in [1.807, 2.05) is 68.6 Å². The Bertz CT molecular complexity index is 2730. The molecular formula is C48H40IrN2OSi-2. The van der Waals surface area contributed by atoms with Crippen LogP contribution in [0.5, 0.6) is 0 Å². The molecule has 3 nitrogen and oxygen atoms in total. The minimum atomic E-state index is -1.23. The number of furan rings is 1. The summed E-state index contributed by atoms with van der Waals surface area (Å²) in [6.45, 7) is 10.8. The number of pyridine rings is 2. The number of rotatable bonds is 5. The van der Waals surface area contributed by atoms with Gasteiger partial charge in [-0.2, -0.15) is 0 Å². The zero-order chi connectivity index (χ0) is 36.7. The molecule has 0 bridgehead atoms. The van der Waals surface area contributed by atoms with Crippen molar-refractivity contribution < 1.29 is 25.9 Å². The van der Waals surface area contributed by atoms with Gasteiger partial charge in [0.15, 0.2) is 0 Å². The molecule has 6 aromatic carbocycles. The monoisotopic (exact) mass is 882 g/mol. The summed E-state index contributed by atoms with van der Waals surface area (Å²) in [4.78, 5) is 9.19. The van der Waals surface area contributed by atoms with Crippen molar-refractivity contribution in [3.63, 3.8) is 0 Å². The maximum atomic E-state index is 8.52. The van der Waals surface area contributed by atoms with Crippen molar-refractivity contribution >= 4 is 56.7 Å². The third-order valence-corrected chi connectivity index (χ3v) is 11.7. The first-order valence-electron chi connectivity index (χ1n) is 18.2. The molecule has 0 saturated carbocycles. The fourth-order valence-electron chi connectivity index (χ4n) is 6.79. The van der Waals surface area contributed by atoms with Crippen LogP contribution in [0.4, 0.5) is 0 Å². The Kier molecular flexibility index (Phi) is 9.90. The molecule has 0 aliphatic rings. The molecule has 0 N–H and O–H groups in total. The van der Waals surface area contributed by atoms with Crippen LogP contribution in [0.15, 0.2) is 150 Å². The molecule has 0 spiro atoms. The maximum Gasteiger partial charge on any atom is 0.121 e. The number of hydrogen-bond donors (Lipinski definition) is 0. The van der Waals surface area contributed by atoms with Gasteiger partial charge in [-0.25, -0.2) is 0 Å². The molecule has 9 aromatic rings. The minimum Gasteiger partial charge on any atom is -0.501 e. The Morgan fingerprint density at radius 3 is 2.21 bits per heavy atom. The molecule has 0 unspecified atom stereocenters. The summed E-state index contributed by atoms with van der Waals surface area (Å²) >= 11 is 0. The van der Waals surface area contributed by atoms with Crippen LogP contribution in [-0.2, 0) is 20.1 Å². The predicted molar refractivity (Wildman–Crippen MR) is 222 cm³/mol. The summed E-state index contributed by atoms with van der Waals surface area (Å²) in [7, 11) is -1.23. The molecule has 263 valence electrons. The van der Waals surface area contributed by atoms with E-state index < -0.39 is 14.0 Å². The second-order valence-electron chi connectivity index (χ2n) is 14.5. The van der Waals surface area contributed by atoms with E-state index in [0.717, 1.165) is 61.1 Å². The number of aromatic nitrogens is 2. The van der Waals surface area contributed by atoms with E-state index in [1.54, 1.807) is 6.20 Å². The number of nitrogens with zero attached hydrogens (tertiary/aromatic N) is 2. The van der Waals surface area contributed by atoms with Crippen molar-refractivity contribution in [3.05, 3.63) is 164 Å². The second-order valence-corrected chi connectivity index (χ2v) is 19.6. The van der Waals surface area contributed by atoms with Crippen molar-refractivity contribution in [1.29, 1.82) is 0 Å². The van der Waals surface area contributed by atoms with Crippen molar-refractivity contribution in [3.8, 4) is 33.6 Å². The van der Waals surface area contributed by atoms with Gasteiger partial charge >= 0.3 is 0 Å². The SMILES string of the molecule is C[Si](C)(C)c1ccc(-c2[c-]cccc2)nc1.[2H]C(C)(C)c1ccnc(-c2[c-]cc(-c3ccccc3)c3c2oc2cc4c(ccc5ccccc54)cc23)c1.[Ir]. The average Bonchev–Trinajstić information content (AvgIpc) is 3.55. The quantitative estimate of drug-likeness (QED) is 0.0982. The zero-order valence-electron chi connectivity index (χ0n) is 31.5. The molecular weight excluding hydrogens is 841 g/mol. The van der Waals surface area contributed by atoms with Crippen LogP contribution in [0.25, 0.3) is 77.1 Å². The van der Waals surface area contributed by atoms with Crippen molar-refractivity contribution in [2.45, 2.75) is 39.4 Å². The van der Waals surface area contributed by atoms with E-state index in [9.17, 15) is 0 Å². The standard InChI is InChI=1S/C34H24NO.C14H16NSi.Ir/c1-21(2)24-16-17-35-31(19-24)28-15-14-27(22-8-4-3-5-9-22)33-30-18-25-13-12-23-10-6-7-11-26(23)29(25)20-32(30)36-34(28)33;1-16(2,3)13-9-10-14(15-11-13)12-7-5-4-6-8-12;/h3-14,16-21H,1-2H3;4-7,9-11H,1-3H3;/q2*-1;/i21D;;. The van der Waals surface area contributed by atoms with Crippen LogP contribution in [0.3, 0.4) is 0 Å². The van der Waals surface area contributed by atoms with Crippen LogP contribution in [0.1, 0.15) is 26.7 Å². The first-order chi connectivity index (χ1) is 25.5. The van der Waals surface area contributed by atoms with Crippen molar-refractivity contribution in [1.82, 2.24) is 9.97 Å². The summed E-state index contributed by atoms with van der Waals surface area (Å²) in [5, 5.41) is 8.30. The minimum absolute atomic E-state index is 0. The Morgan fingerprint density at radius 1 is 0.698 bits per heavy atom. The Balaban J connectivity index is 0.000000223. The fourth-order valence-corrected chi connectivity index (χ4v) is 7.82. The molecule has 3 aromatic heterocycles. The number of benzene rings is 6. The Labute approximate surface area is 327 Å². The van der Waals surface area contributed by atoms with Gasteiger partial charge in [-0.3, -0.25) is 0 Å². The second kappa shape index (κ2) is 15.0. The topological polar surface area (TPSA) is 38.9 Å². The summed E-state index contributed by atoms with van der Waals surface area (Å²) in [6.07, 6.45) is 3.79. The van der Waals surface area contributed by atoms with Gasteiger partial charge in [0.05, 0.1) is 13.7 Å². The van der Waals surface area contributed by atoms with Gasteiger partial charge in [0, 0.05) is 39.3 Å². The Hall–Kier alpha value is -5.19. The molecule has 0 amide bonds. The van der Waals surface area contributed by atoms with Crippen LogP contribution in [0.2, 0.25) is 19.6 Å². The molecule has 5 heteroatoms. The van der Waals surface area contributed by atoms with Crippen molar-refractivity contribution in [2.24, 2.45) is 0 Å². The van der Waals surface area contributed by atoms with E-state index in [1.165, 1.54) is 26.7 Å². The first kappa shape index (κ1) is 34.9. The normalized spacial score (nSPS) is 12.0. The smallest absolute Gasteiger partial charge is 0.121 e. The van der Waals surface area contributed by atoms with E-state index in [2.05, 4.69) is 127 Å². The summed E-state index contributed by atoms with van der Waals surface area (Å²) in [6, 6.07) is 52.5. The summed E-state index contributed by atoms with van der Waals surface area (Å²) in [5.74, 6) is -0.729. The molecule has 0 fully saturated rings. The maximum absolute atomic E-state index is 8.52. The molecule has 0 aliphatic heterocycles.